The zero-order chi connectivity index (χ0) is 12.3. The van der Waals surface area contributed by atoms with Crippen molar-refractivity contribution in [3.63, 3.8) is 0 Å². The summed E-state index contributed by atoms with van der Waals surface area (Å²) >= 11 is 5.10. The monoisotopic (exact) mass is 311 g/mol. The number of rotatable bonds is 4. The highest BCUT2D eigenvalue weighted by Gasteiger charge is 2.06. The number of nitrogens with one attached hydrogen (secondary N) is 1. The number of aromatic amines is 1. The second kappa shape index (κ2) is 5.69. The molecule has 0 radical (unpaired) electrons. The van der Waals surface area contributed by atoms with Gasteiger partial charge in [0.25, 0.3) is 0 Å². The summed E-state index contributed by atoms with van der Waals surface area (Å²) in [5.74, 6) is 2.51. The van der Waals surface area contributed by atoms with Crippen LogP contribution in [0.25, 0.3) is 11.4 Å². The molecule has 0 spiro atoms. The van der Waals surface area contributed by atoms with Crippen molar-refractivity contribution in [2.75, 3.05) is 5.75 Å². The Morgan fingerprint density at radius 3 is 2.65 bits per heavy atom. The van der Waals surface area contributed by atoms with Crippen LogP contribution in [-0.2, 0) is 0 Å². The summed E-state index contributed by atoms with van der Waals surface area (Å²) in [6.07, 6.45) is 0. The van der Waals surface area contributed by atoms with Crippen molar-refractivity contribution in [3.05, 3.63) is 28.7 Å². The van der Waals surface area contributed by atoms with Crippen LogP contribution in [0.3, 0.4) is 0 Å². The molecule has 0 bridgehead atoms. The lowest BCUT2D eigenvalue weighted by atomic mass is 10.2. The van der Waals surface area contributed by atoms with Gasteiger partial charge in [-0.2, -0.15) is 0 Å². The molecule has 5 heteroatoms. The van der Waals surface area contributed by atoms with E-state index in [1.807, 2.05) is 24.3 Å². The molecule has 1 aromatic heterocycles. The van der Waals surface area contributed by atoms with Gasteiger partial charge in [0.15, 0.2) is 5.82 Å². The Bertz CT molecular complexity index is 479. The first-order valence-electron chi connectivity index (χ1n) is 5.46. The number of benzene rings is 1. The van der Waals surface area contributed by atoms with Crippen molar-refractivity contribution >= 4 is 27.7 Å². The van der Waals surface area contributed by atoms with Gasteiger partial charge in [-0.15, -0.1) is 5.10 Å². The van der Waals surface area contributed by atoms with Crippen LogP contribution in [0.4, 0.5) is 0 Å². The van der Waals surface area contributed by atoms with Gasteiger partial charge >= 0.3 is 0 Å². The summed E-state index contributed by atoms with van der Waals surface area (Å²) in [5.41, 5.74) is 1.05. The molecule has 2 aromatic rings. The molecular formula is C12H14BrN3S. The smallest absolute Gasteiger partial charge is 0.208 e. The first kappa shape index (κ1) is 12.6. The first-order chi connectivity index (χ1) is 8.15. The minimum Gasteiger partial charge on any atom is -0.258 e. The predicted octanol–water partition coefficient (Wildman–Crippen LogP) is 3.98. The van der Waals surface area contributed by atoms with Gasteiger partial charge in [-0.05, 0) is 18.1 Å². The second-order valence-electron chi connectivity index (χ2n) is 4.18. The third-order valence-electron chi connectivity index (χ3n) is 2.13. The van der Waals surface area contributed by atoms with Gasteiger partial charge in [0.1, 0.15) is 0 Å². The average Bonchev–Trinajstić information content (AvgIpc) is 2.76. The number of H-pyrrole nitrogens is 1. The van der Waals surface area contributed by atoms with Crippen LogP contribution >= 0.6 is 27.7 Å². The Balaban J connectivity index is 2.10. The van der Waals surface area contributed by atoms with Crippen molar-refractivity contribution in [3.8, 4) is 11.4 Å². The molecule has 0 unspecified atom stereocenters. The summed E-state index contributed by atoms with van der Waals surface area (Å²) in [6.45, 7) is 4.38. The van der Waals surface area contributed by atoms with E-state index < -0.39 is 0 Å². The largest absolute Gasteiger partial charge is 0.258 e. The van der Waals surface area contributed by atoms with E-state index in [-0.39, 0.29) is 0 Å². The van der Waals surface area contributed by atoms with E-state index in [2.05, 4.69) is 45.0 Å². The fraction of sp³-hybridized carbons (Fsp3) is 0.333. The maximum absolute atomic E-state index is 4.46. The molecule has 1 N–H and O–H groups in total. The lowest BCUT2D eigenvalue weighted by molar-refractivity contribution is 0.748. The van der Waals surface area contributed by atoms with Crippen LogP contribution in [-0.4, -0.2) is 20.9 Å². The van der Waals surface area contributed by atoms with Crippen LogP contribution in [0.1, 0.15) is 13.8 Å². The third-order valence-corrected chi connectivity index (χ3v) is 3.93. The molecule has 1 heterocycles. The molecule has 0 amide bonds. The van der Waals surface area contributed by atoms with Crippen LogP contribution in [0.5, 0.6) is 0 Å². The van der Waals surface area contributed by atoms with Gasteiger partial charge in [0, 0.05) is 15.8 Å². The molecule has 0 aliphatic rings. The van der Waals surface area contributed by atoms with Crippen molar-refractivity contribution < 1.29 is 0 Å². The SMILES string of the molecule is CC(C)CSc1n[nH]c(-c2ccc(Br)cc2)n1. The topological polar surface area (TPSA) is 41.6 Å². The van der Waals surface area contributed by atoms with Gasteiger partial charge in [-0.1, -0.05) is 53.7 Å². The summed E-state index contributed by atoms with van der Waals surface area (Å²) in [4.78, 5) is 4.46. The number of halogens is 1. The predicted molar refractivity (Wildman–Crippen MR) is 75.1 cm³/mol. The maximum Gasteiger partial charge on any atom is 0.208 e. The highest BCUT2D eigenvalue weighted by molar-refractivity contribution is 9.10. The van der Waals surface area contributed by atoms with Gasteiger partial charge in [-0.3, -0.25) is 5.10 Å². The average molecular weight is 312 g/mol. The molecular weight excluding hydrogens is 298 g/mol. The molecule has 0 fully saturated rings. The van der Waals surface area contributed by atoms with E-state index in [1.54, 1.807) is 11.8 Å². The fourth-order valence-corrected chi connectivity index (χ4v) is 2.30. The molecule has 0 saturated carbocycles. The molecule has 17 heavy (non-hydrogen) atoms. The fourth-order valence-electron chi connectivity index (χ4n) is 1.29. The maximum atomic E-state index is 4.46. The Labute approximate surface area is 114 Å². The van der Waals surface area contributed by atoms with Gasteiger partial charge in [-0.25, -0.2) is 4.98 Å². The van der Waals surface area contributed by atoms with Crippen molar-refractivity contribution in [1.82, 2.24) is 15.2 Å². The molecule has 90 valence electrons. The molecule has 2 rings (SSSR count). The van der Waals surface area contributed by atoms with Crippen molar-refractivity contribution in [2.24, 2.45) is 5.92 Å². The standard InChI is InChI=1S/C12H14BrN3S/c1-8(2)7-17-12-14-11(15-16-12)9-3-5-10(13)6-4-9/h3-6,8H,7H2,1-2H3,(H,14,15,16). The Kier molecular flexibility index (Phi) is 4.23. The van der Waals surface area contributed by atoms with Gasteiger partial charge < -0.3 is 0 Å². The molecule has 0 saturated heterocycles. The van der Waals surface area contributed by atoms with E-state index >= 15 is 0 Å². The number of thioether (sulfide) groups is 1. The quantitative estimate of drug-likeness (QED) is 0.868. The molecule has 0 aliphatic carbocycles. The number of hydrogen-bond donors (Lipinski definition) is 1. The van der Waals surface area contributed by atoms with Crippen LogP contribution < -0.4 is 0 Å². The Hall–Kier alpha value is -0.810. The second-order valence-corrected chi connectivity index (χ2v) is 6.08. The summed E-state index contributed by atoms with van der Waals surface area (Å²) in [6, 6.07) is 8.03. The first-order valence-corrected chi connectivity index (χ1v) is 7.24. The number of hydrogen-bond acceptors (Lipinski definition) is 3. The van der Waals surface area contributed by atoms with Crippen LogP contribution in [0, 0.1) is 5.92 Å². The van der Waals surface area contributed by atoms with E-state index in [0.717, 1.165) is 26.8 Å². The van der Waals surface area contributed by atoms with Crippen LogP contribution in [0.15, 0.2) is 33.9 Å². The summed E-state index contributed by atoms with van der Waals surface area (Å²) in [7, 11) is 0. The number of aromatic nitrogens is 3. The minimum atomic E-state index is 0.648. The lowest BCUT2D eigenvalue weighted by Gasteiger charge is -1.99. The van der Waals surface area contributed by atoms with E-state index in [9.17, 15) is 0 Å². The minimum absolute atomic E-state index is 0.648. The highest BCUT2D eigenvalue weighted by Crippen LogP contribution is 2.22. The Morgan fingerprint density at radius 1 is 1.29 bits per heavy atom. The van der Waals surface area contributed by atoms with Crippen molar-refractivity contribution in [2.45, 2.75) is 19.0 Å². The van der Waals surface area contributed by atoms with E-state index in [4.69, 9.17) is 0 Å². The van der Waals surface area contributed by atoms with E-state index in [1.165, 1.54) is 0 Å². The van der Waals surface area contributed by atoms with Crippen LogP contribution in [0.2, 0.25) is 0 Å². The Morgan fingerprint density at radius 2 is 2.00 bits per heavy atom. The normalized spacial score (nSPS) is 11.1. The molecule has 0 atom stereocenters. The zero-order valence-corrected chi connectivity index (χ0v) is 12.2. The summed E-state index contributed by atoms with van der Waals surface area (Å²) < 4.78 is 1.06. The molecule has 0 aliphatic heterocycles. The van der Waals surface area contributed by atoms with Crippen molar-refractivity contribution in [1.29, 1.82) is 0 Å². The molecule has 3 nitrogen and oxygen atoms in total. The summed E-state index contributed by atoms with van der Waals surface area (Å²) in [5, 5.41) is 7.99. The van der Waals surface area contributed by atoms with Gasteiger partial charge in [0.05, 0.1) is 0 Å². The third kappa shape index (κ3) is 3.57. The van der Waals surface area contributed by atoms with Gasteiger partial charge in [0.2, 0.25) is 5.16 Å². The zero-order valence-electron chi connectivity index (χ0n) is 9.77. The lowest BCUT2D eigenvalue weighted by Crippen LogP contribution is -1.90. The molecule has 1 aromatic carbocycles. The van der Waals surface area contributed by atoms with E-state index in [0.29, 0.717) is 5.92 Å². The number of nitrogens with zero attached hydrogens (tertiary/aromatic N) is 2. The highest BCUT2D eigenvalue weighted by atomic mass is 79.9.